The lowest BCUT2D eigenvalue weighted by atomic mass is 9.95. The largest absolute Gasteiger partial charge is 0.390 e. The molecule has 1 aliphatic carbocycles. The van der Waals surface area contributed by atoms with Gasteiger partial charge in [-0.2, -0.15) is 0 Å². The molecule has 3 unspecified atom stereocenters. The molecular formula is C9H18O2. The Morgan fingerprint density at radius 3 is 2.27 bits per heavy atom. The van der Waals surface area contributed by atoms with Crippen molar-refractivity contribution in [3.05, 3.63) is 0 Å². The molecule has 0 aliphatic heterocycles. The van der Waals surface area contributed by atoms with Gasteiger partial charge in [0.2, 0.25) is 0 Å². The predicted molar refractivity (Wildman–Crippen MR) is 44.2 cm³/mol. The SMILES string of the molecule is CCC(C)C(O)C(O)C1CC1. The van der Waals surface area contributed by atoms with Gasteiger partial charge < -0.3 is 10.2 Å². The molecule has 3 atom stereocenters. The second kappa shape index (κ2) is 3.55. The van der Waals surface area contributed by atoms with Gasteiger partial charge in [-0.15, -0.1) is 0 Å². The van der Waals surface area contributed by atoms with Gasteiger partial charge in [-0.25, -0.2) is 0 Å². The fourth-order valence-electron chi connectivity index (χ4n) is 1.29. The minimum atomic E-state index is -0.507. The molecule has 0 aromatic heterocycles. The third-order valence-electron chi connectivity index (χ3n) is 2.68. The van der Waals surface area contributed by atoms with E-state index in [1.165, 1.54) is 0 Å². The Morgan fingerprint density at radius 2 is 1.91 bits per heavy atom. The van der Waals surface area contributed by atoms with E-state index in [1.807, 2.05) is 13.8 Å². The Morgan fingerprint density at radius 1 is 1.36 bits per heavy atom. The maximum absolute atomic E-state index is 9.55. The van der Waals surface area contributed by atoms with Crippen molar-refractivity contribution in [2.75, 3.05) is 0 Å². The quantitative estimate of drug-likeness (QED) is 0.644. The summed E-state index contributed by atoms with van der Waals surface area (Å²) in [6.45, 7) is 4.02. The van der Waals surface area contributed by atoms with Crippen LogP contribution in [0.1, 0.15) is 33.1 Å². The molecule has 11 heavy (non-hydrogen) atoms. The van der Waals surface area contributed by atoms with E-state index in [-0.39, 0.29) is 5.92 Å². The molecule has 0 aromatic rings. The van der Waals surface area contributed by atoms with Gasteiger partial charge in [0.1, 0.15) is 0 Å². The summed E-state index contributed by atoms with van der Waals surface area (Å²) in [5.74, 6) is 0.615. The highest BCUT2D eigenvalue weighted by Gasteiger charge is 2.35. The van der Waals surface area contributed by atoms with Crippen molar-refractivity contribution in [1.82, 2.24) is 0 Å². The lowest BCUT2D eigenvalue weighted by Crippen LogP contribution is -2.33. The summed E-state index contributed by atoms with van der Waals surface area (Å²) in [6.07, 6.45) is 2.14. The number of hydrogen-bond acceptors (Lipinski definition) is 2. The lowest BCUT2D eigenvalue weighted by Gasteiger charge is -2.22. The first-order chi connectivity index (χ1) is 5.16. The van der Waals surface area contributed by atoms with E-state index in [1.54, 1.807) is 0 Å². The third kappa shape index (κ3) is 2.17. The molecule has 0 amide bonds. The molecule has 2 nitrogen and oxygen atoms in total. The van der Waals surface area contributed by atoms with E-state index in [4.69, 9.17) is 0 Å². The lowest BCUT2D eigenvalue weighted by molar-refractivity contribution is -0.0248. The summed E-state index contributed by atoms with van der Waals surface area (Å²) in [6, 6.07) is 0. The normalized spacial score (nSPS) is 26.2. The van der Waals surface area contributed by atoms with Gasteiger partial charge in [0.25, 0.3) is 0 Å². The number of aliphatic hydroxyl groups excluding tert-OH is 2. The molecule has 1 fully saturated rings. The predicted octanol–water partition coefficient (Wildman–Crippen LogP) is 1.16. The van der Waals surface area contributed by atoms with Crippen molar-refractivity contribution in [3.8, 4) is 0 Å². The summed E-state index contributed by atoms with van der Waals surface area (Å²) >= 11 is 0. The molecule has 2 heteroatoms. The Bertz CT molecular complexity index is 121. The van der Waals surface area contributed by atoms with Crippen LogP contribution in [0, 0.1) is 11.8 Å². The summed E-state index contributed by atoms with van der Waals surface area (Å²) < 4.78 is 0. The number of aliphatic hydroxyl groups is 2. The molecule has 0 heterocycles. The molecule has 1 aliphatic rings. The topological polar surface area (TPSA) is 40.5 Å². The smallest absolute Gasteiger partial charge is 0.0829 e. The zero-order chi connectivity index (χ0) is 8.43. The number of hydrogen-bond donors (Lipinski definition) is 2. The summed E-state index contributed by atoms with van der Waals surface area (Å²) in [5, 5.41) is 19.1. The zero-order valence-electron chi connectivity index (χ0n) is 7.33. The van der Waals surface area contributed by atoms with E-state index >= 15 is 0 Å². The van der Waals surface area contributed by atoms with Gasteiger partial charge in [0.05, 0.1) is 12.2 Å². The molecular weight excluding hydrogens is 140 g/mol. The molecule has 1 rings (SSSR count). The molecule has 2 N–H and O–H groups in total. The van der Waals surface area contributed by atoms with Gasteiger partial charge in [-0.05, 0) is 24.7 Å². The second-order valence-electron chi connectivity index (χ2n) is 3.70. The van der Waals surface area contributed by atoms with Crippen molar-refractivity contribution >= 4 is 0 Å². The van der Waals surface area contributed by atoms with Crippen LogP contribution in [0.3, 0.4) is 0 Å². The van der Waals surface area contributed by atoms with E-state index in [0.29, 0.717) is 5.92 Å². The van der Waals surface area contributed by atoms with Crippen molar-refractivity contribution in [3.63, 3.8) is 0 Å². The molecule has 0 radical (unpaired) electrons. The second-order valence-corrected chi connectivity index (χ2v) is 3.70. The Kier molecular flexibility index (Phi) is 2.90. The molecule has 0 bridgehead atoms. The Hall–Kier alpha value is -0.0800. The van der Waals surface area contributed by atoms with Gasteiger partial charge in [0.15, 0.2) is 0 Å². The first-order valence-electron chi connectivity index (χ1n) is 4.53. The highest BCUT2D eigenvalue weighted by atomic mass is 16.3. The van der Waals surface area contributed by atoms with Crippen molar-refractivity contribution in [2.45, 2.75) is 45.3 Å². The standard InChI is InChI=1S/C9H18O2/c1-3-6(2)8(10)9(11)7-4-5-7/h6-11H,3-5H2,1-2H3. The van der Waals surface area contributed by atoms with Gasteiger partial charge in [-0.3, -0.25) is 0 Å². The summed E-state index contributed by atoms with van der Waals surface area (Å²) in [4.78, 5) is 0. The first kappa shape index (κ1) is 9.01. The van der Waals surface area contributed by atoms with Crippen LogP contribution in [-0.2, 0) is 0 Å². The van der Waals surface area contributed by atoms with E-state index < -0.39 is 12.2 Å². The van der Waals surface area contributed by atoms with Crippen LogP contribution in [0.25, 0.3) is 0 Å². The third-order valence-corrected chi connectivity index (χ3v) is 2.68. The fourth-order valence-corrected chi connectivity index (χ4v) is 1.29. The van der Waals surface area contributed by atoms with Gasteiger partial charge >= 0.3 is 0 Å². The number of rotatable bonds is 4. The summed E-state index contributed by atoms with van der Waals surface area (Å²) in [7, 11) is 0. The highest BCUT2D eigenvalue weighted by Crippen LogP contribution is 2.35. The Balaban J connectivity index is 2.31. The van der Waals surface area contributed by atoms with Crippen molar-refractivity contribution in [1.29, 1.82) is 0 Å². The minimum absolute atomic E-state index is 0.227. The van der Waals surface area contributed by atoms with Crippen molar-refractivity contribution in [2.24, 2.45) is 11.8 Å². The highest BCUT2D eigenvalue weighted by molar-refractivity contribution is 4.86. The molecule has 0 saturated heterocycles. The monoisotopic (exact) mass is 158 g/mol. The van der Waals surface area contributed by atoms with Crippen LogP contribution in [0.2, 0.25) is 0 Å². The molecule has 66 valence electrons. The van der Waals surface area contributed by atoms with Crippen LogP contribution < -0.4 is 0 Å². The molecule has 0 spiro atoms. The first-order valence-corrected chi connectivity index (χ1v) is 4.53. The van der Waals surface area contributed by atoms with E-state index in [9.17, 15) is 10.2 Å². The molecule has 1 saturated carbocycles. The molecule has 0 aromatic carbocycles. The Labute approximate surface area is 68.2 Å². The average molecular weight is 158 g/mol. The van der Waals surface area contributed by atoms with Crippen LogP contribution in [-0.4, -0.2) is 22.4 Å². The van der Waals surface area contributed by atoms with Crippen LogP contribution in [0.5, 0.6) is 0 Å². The average Bonchev–Trinajstić information content (AvgIpc) is 2.82. The zero-order valence-corrected chi connectivity index (χ0v) is 7.33. The van der Waals surface area contributed by atoms with Gasteiger partial charge in [0, 0.05) is 0 Å². The maximum atomic E-state index is 9.55. The fraction of sp³-hybridized carbons (Fsp3) is 1.00. The van der Waals surface area contributed by atoms with E-state index in [0.717, 1.165) is 19.3 Å². The summed E-state index contributed by atoms with van der Waals surface area (Å²) in [5.41, 5.74) is 0. The van der Waals surface area contributed by atoms with Crippen LogP contribution in [0.4, 0.5) is 0 Å². The van der Waals surface area contributed by atoms with Crippen molar-refractivity contribution < 1.29 is 10.2 Å². The van der Waals surface area contributed by atoms with Crippen LogP contribution >= 0.6 is 0 Å². The van der Waals surface area contributed by atoms with Gasteiger partial charge in [-0.1, -0.05) is 20.3 Å². The maximum Gasteiger partial charge on any atom is 0.0829 e. The minimum Gasteiger partial charge on any atom is -0.390 e. The van der Waals surface area contributed by atoms with Crippen LogP contribution in [0.15, 0.2) is 0 Å². The van der Waals surface area contributed by atoms with E-state index in [2.05, 4.69) is 0 Å².